The van der Waals surface area contributed by atoms with Crippen LogP contribution < -0.4 is 10.6 Å². The Kier molecular flexibility index (Phi) is 6.65. The highest BCUT2D eigenvalue weighted by Gasteiger charge is 2.26. The van der Waals surface area contributed by atoms with Crippen LogP contribution in [0.25, 0.3) is 0 Å². The molecule has 2 amide bonds. The van der Waals surface area contributed by atoms with E-state index in [1.807, 2.05) is 0 Å². The van der Waals surface area contributed by atoms with E-state index >= 15 is 0 Å². The van der Waals surface area contributed by atoms with Crippen LogP contribution in [0.5, 0.6) is 5.75 Å². The van der Waals surface area contributed by atoms with Crippen molar-refractivity contribution in [3.63, 3.8) is 0 Å². The standard InChI is InChI=1S/C20H16ClN3O5S/c1-29-20(28)15(11-5-3-2-4-6-11)23-19(27)16-17(22-10-30-16)24-18(26)12-7-8-14(25)13(21)9-12/h2-10,15,25H,1H3,(H,23,27)(H,24,26)/t15-/m0/s1. The van der Waals surface area contributed by atoms with E-state index < -0.39 is 23.8 Å². The van der Waals surface area contributed by atoms with Gasteiger partial charge >= 0.3 is 5.97 Å². The second-order valence-corrected chi connectivity index (χ2v) is 7.25. The number of anilines is 1. The molecule has 3 aromatic rings. The van der Waals surface area contributed by atoms with E-state index in [1.165, 1.54) is 30.8 Å². The molecule has 3 rings (SSSR count). The quantitative estimate of drug-likeness (QED) is 0.500. The third-order valence-corrected chi connectivity index (χ3v) is 5.19. The summed E-state index contributed by atoms with van der Waals surface area (Å²) in [5.41, 5.74) is 2.12. The summed E-state index contributed by atoms with van der Waals surface area (Å²) < 4.78 is 4.79. The van der Waals surface area contributed by atoms with E-state index in [-0.39, 0.29) is 27.0 Å². The molecule has 154 valence electrons. The second-order valence-electron chi connectivity index (χ2n) is 5.99. The van der Waals surface area contributed by atoms with Crippen LogP contribution in [0.3, 0.4) is 0 Å². The number of halogens is 1. The Hall–Kier alpha value is -3.43. The summed E-state index contributed by atoms with van der Waals surface area (Å²) in [7, 11) is 1.23. The van der Waals surface area contributed by atoms with Crippen molar-refractivity contribution in [3.05, 3.63) is 75.1 Å². The van der Waals surface area contributed by atoms with Crippen molar-refractivity contribution < 1.29 is 24.2 Å². The lowest BCUT2D eigenvalue weighted by Crippen LogP contribution is -2.34. The second kappa shape index (κ2) is 9.38. The van der Waals surface area contributed by atoms with Crippen LogP contribution in [0.4, 0.5) is 5.82 Å². The lowest BCUT2D eigenvalue weighted by molar-refractivity contribution is -0.143. The van der Waals surface area contributed by atoms with Gasteiger partial charge in [0.2, 0.25) is 0 Å². The van der Waals surface area contributed by atoms with E-state index in [0.717, 1.165) is 11.3 Å². The van der Waals surface area contributed by atoms with Crippen molar-refractivity contribution in [3.8, 4) is 5.75 Å². The molecular weight excluding hydrogens is 430 g/mol. The van der Waals surface area contributed by atoms with Gasteiger partial charge in [0.1, 0.15) is 10.6 Å². The highest BCUT2D eigenvalue weighted by molar-refractivity contribution is 7.12. The van der Waals surface area contributed by atoms with Crippen molar-refractivity contribution in [2.45, 2.75) is 6.04 Å². The van der Waals surface area contributed by atoms with Crippen molar-refractivity contribution in [1.29, 1.82) is 0 Å². The summed E-state index contributed by atoms with van der Waals surface area (Å²) in [6.45, 7) is 0. The van der Waals surface area contributed by atoms with Gasteiger partial charge in [-0.2, -0.15) is 0 Å². The van der Waals surface area contributed by atoms with E-state index in [2.05, 4.69) is 15.6 Å². The number of carbonyl (C=O) groups excluding carboxylic acids is 3. The molecule has 1 atom stereocenters. The van der Waals surface area contributed by atoms with Crippen LogP contribution in [0, 0.1) is 0 Å². The number of rotatable bonds is 6. The Bertz CT molecular complexity index is 1090. The molecular formula is C20H16ClN3O5S. The van der Waals surface area contributed by atoms with Crippen LogP contribution >= 0.6 is 22.9 Å². The molecule has 30 heavy (non-hydrogen) atoms. The summed E-state index contributed by atoms with van der Waals surface area (Å²) in [4.78, 5) is 41.5. The van der Waals surface area contributed by atoms with E-state index in [0.29, 0.717) is 5.56 Å². The Morgan fingerprint density at radius 2 is 1.87 bits per heavy atom. The molecule has 0 aliphatic heterocycles. The monoisotopic (exact) mass is 445 g/mol. The molecule has 0 spiro atoms. The molecule has 2 aromatic carbocycles. The van der Waals surface area contributed by atoms with E-state index in [9.17, 15) is 19.5 Å². The predicted octanol–water partition coefficient (Wildman–Crippen LogP) is 3.40. The molecule has 0 unspecified atom stereocenters. The maximum Gasteiger partial charge on any atom is 0.333 e. The SMILES string of the molecule is COC(=O)[C@@H](NC(=O)c1scnc1NC(=O)c1ccc(O)c(Cl)c1)c1ccccc1. The van der Waals surface area contributed by atoms with Crippen molar-refractivity contribution in [1.82, 2.24) is 10.3 Å². The molecule has 1 aromatic heterocycles. The summed E-state index contributed by atoms with van der Waals surface area (Å²) >= 11 is 6.83. The van der Waals surface area contributed by atoms with Crippen molar-refractivity contribution in [2.24, 2.45) is 0 Å². The Morgan fingerprint density at radius 3 is 2.53 bits per heavy atom. The predicted molar refractivity (Wildman–Crippen MR) is 112 cm³/mol. The first-order valence-electron chi connectivity index (χ1n) is 8.57. The summed E-state index contributed by atoms with van der Waals surface area (Å²) in [6.07, 6.45) is 0. The fourth-order valence-corrected chi connectivity index (χ4v) is 3.39. The molecule has 0 aliphatic carbocycles. The number of methoxy groups -OCH3 is 1. The highest BCUT2D eigenvalue weighted by atomic mass is 35.5. The van der Waals surface area contributed by atoms with Gasteiger partial charge in [-0.1, -0.05) is 41.9 Å². The summed E-state index contributed by atoms with van der Waals surface area (Å²) in [6, 6.07) is 11.6. The lowest BCUT2D eigenvalue weighted by Gasteiger charge is -2.16. The molecule has 1 heterocycles. The fraction of sp³-hybridized carbons (Fsp3) is 0.100. The number of nitrogens with one attached hydrogen (secondary N) is 2. The molecule has 0 radical (unpaired) electrons. The summed E-state index contributed by atoms with van der Waals surface area (Å²) in [5, 5.41) is 14.6. The largest absolute Gasteiger partial charge is 0.506 e. The zero-order chi connectivity index (χ0) is 21.7. The average Bonchev–Trinajstić information content (AvgIpc) is 3.22. The molecule has 8 nitrogen and oxygen atoms in total. The Labute approximate surface area is 180 Å². The maximum atomic E-state index is 12.8. The minimum Gasteiger partial charge on any atom is -0.506 e. The van der Waals surface area contributed by atoms with Gasteiger partial charge in [-0.15, -0.1) is 11.3 Å². The van der Waals surface area contributed by atoms with E-state index in [4.69, 9.17) is 16.3 Å². The number of phenolic OH excluding ortho intramolecular Hbond substituents is 1. The van der Waals surface area contributed by atoms with Gasteiger partial charge in [-0.05, 0) is 23.8 Å². The van der Waals surface area contributed by atoms with Gasteiger partial charge in [0.25, 0.3) is 11.8 Å². The third kappa shape index (κ3) is 4.76. The number of aromatic nitrogens is 1. The van der Waals surface area contributed by atoms with Crippen LogP contribution in [0.2, 0.25) is 5.02 Å². The number of amides is 2. The molecule has 0 fully saturated rings. The highest BCUT2D eigenvalue weighted by Crippen LogP contribution is 2.25. The topological polar surface area (TPSA) is 118 Å². The zero-order valence-electron chi connectivity index (χ0n) is 15.6. The Balaban J connectivity index is 1.79. The smallest absolute Gasteiger partial charge is 0.333 e. The lowest BCUT2D eigenvalue weighted by atomic mass is 10.1. The number of phenols is 1. The van der Waals surface area contributed by atoms with Crippen LogP contribution in [-0.4, -0.2) is 35.0 Å². The third-order valence-electron chi connectivity index (χ3n) is 4.06. The number of thiazole rings is 1. The number of benzene rings is 2. The summed E-state index contributed by atoms with van der Waals surface area (Å²) in [5.74, 6) is -1.93. The molecule has 0 saturated heterocycles. The maximum absolute atomic E-state index is 12.8. The van der Waals surface area contributed by atoms with Crippen LogP contribution in [0.15, 0.2) is 54.0 Å². The van der Waals surface area contributed by atoms with Gasteiger partial charge in [-0.25, -0.2) is 9.78 Å². The van der Waals surface area contributed by atoms with Crippen LogP contribution in [0.1, 0.15) is 31.6 Å². The first-order valence-corrected chi connectivity index (χ1v) is 9.83. The first kappa shape index (κ1) is 21.3. The molecule has 0 saturated carbocycles. The fourth-order valence-electron chi connectivity index (χ4n) is 2.56. The normalized spacial score (nSPS) is 11.4. The molecule has 10 heteroatoms. The van der Waals surface area contributed by atoms with Crippen molar-refractivity contribution >= 4 is 46.5 Å². The molecule has 0 aliphatic rings. The van der Waals surface area contributed by atoms with Gasteiger partial charge < -0.3 is 20.5 Å². The van der Waals surface area contributed by atoms with Gasteiger partial charge in [0.05, 0.1) is 17.6 Å². The number of aromatic hydroxyl groups is 1. The molecule has 3 N–H and O–H groups in total. The van der Waals surface area contributed by atoms with Crippen LogP contribution in [-0.2, 0) is 9.53 Å². The minimum atomic E-state index is -1.02. The minimum absolute atomic E-state index is 0.0164. The number of hydrogen-bond acceptors (Lipinski definition) is 7. The number of ether oxygens (including phenoxy) is 1. The van der Waals surface area contributed by atoms with Gasteiger partial charge in [0, 0.05) is 5.56 Å². The number of esters is 1. The molecule has 0 bridgehead atoms. The van der Waals surface area contributed by atoms with Crippen molar-refractivity contribution in [2.75, 3.05) is 12.4 Å². The Morgan fingerprint density at radius 1 is 1.13 bits per heavy atom. The first-order chi connectivity index (χ1) is 14.4. The van der Waals surface area contributed by atoms with Gasteiger partial charge in [-0.3, -0.25) is 9.59 Å². The number of carbonyl (C=O) groups is 3. The number of nitrogens with zero attached hydrogens (tertiary/aromatic N) is 1. The van der Waals surface area contributed by atoms with E-state index in [1.54, 1.807) is 30.3 Å². The number of hydrogen-bond donors (Lipinski definition) is 3. The average molecular weight is 446 g/mol. The van der Waals surface area contributed by atoms with Gasteiger partial charge in [0.15, 0.2) is 11.9 Å². The zero-order valence-corrected chi connectivity index (χ0v) is 17.2.